The van der Waals surface area contributed by atoms with Gasteiger partial charge in [0.1, 0.15) is 5.82 Å². The van der Waals surface area contributed by atoms with E-state index in [4.69, 9.17) is 0 Å². The Hall–Kier alpha value is -2.36. The number of carbonyl (C=O) groups is 1. The topological polar surface area (TPSA) is 72.9 Å². The number of hydrogen-bond donors (Lipinski definition) is 2. The first-order chi connectivity index (χ1) is 15.5. The molecule has 0 radical (unpaired) electrons. The molecule has 180 valence electrons. The van der Waals surface area contributed by atoms with E-state index >= 15 is 0 Å². The minimum atomic E-state index is 0. The minimum Gasteiger partial charge on any atom is -0.357 e. The molecule has 3 rings (SSSR count). The third kappa shape index (κ3) is 8.17. The summed E-state index contributed by atoms with van der Waals surface area (Å²) >= 11 is 0. The van der Waals surface area contributed by atoms with Crippen molar-refractivity contribution in [1.29, 1.82) is 0 Å². The van der Waals surface area contributed by atoms with E-state index in [2.05, 4.69) is 44.6 Å². The lowest BCUT2D eigenvalue weighted by Crippen LogP contribution is -2.38. The third-order valence-corrected chi connectivity index (χ3v) is 5.89. The highest BCUT2D eigenvalue weighted by molar-refractivity contribution is 14.0. The zero-order chi connectivity index (χ0) is 22.9. The number of nitrogens with one attached hydrogen (secondary N) is 2. The number of guanidine groups is 1. The van der Waals surface area contributed by atoms with Gasteiger partial charge in [0.05, 0.1) is 0 Å². The van der Waals surface area contributed by atoms with Crippen LogP contribution < -0.4 is 15.5 Å². The average Bonchev–Trinajstić information content (AvgIpc) is 2.82. The van der Waals surface area contributed by atoms with Crippen LogP contribution in [0.4, 0.5) is 5.82 Å². The third-order valence-electron chi connectivity index (χ3n) is 5.89. The summed E-state index contributed by atoms with van der Waals surface area (Å²) in [5.74, 6) is 2.66. The number of anilines is 1. The molecule has 0 saturated carbocycles. The zero-order valence-electron chi connectivity index (χ0n) is 20.2. The van der Waals surface area contributed by atoms with Crippen molar-refractivity contribution in [2.45, 2.75) is 32.7 Å². The monoisotopic (exact) mass is 564 g/mol. The largest absolute Gasteiger partial charge is 0.357 e. The molecule has 0 spiro atoms. The quantitative estimate of drug-likeness (QED) is 0.306. The first-order valence-corrected chi connectivity index (χ1v) is 11.4. The van der Waals surface area contributed by atoms with Crippen LogP contribution in [0.5, 0.6) is 0 Å². The fourth-order valence-electron chi connectivity index (χ4n) is 3.80. The highest BCUT2D eigenvalue weighted by Gasteiger charge is 2.16. The molecule has 1 aliphatic rings. The van der Waals surface area contributed by atoms with Gasteiger partial charge in [-0.1, -0.05) is 25.1 Å². The number of aromatic nitrogens is 1. The highest BCUT2D eigenvalue weighted by atomic mass is 127. The molecule has 0 bridgehead atoms. The molecular formula is C25H37IN6O. The fourth-order valence-corrected chi connectivity index (χ4v) is 3.80. The lowest BCUT2D eigenvalue weighted by atomic mass is 9.99. The van der Waals surface area contributed by atoms with E-state index in [1.807, 2.05) is 30.5 Å². The van der Waals surface area contributed by atoms with E-state index in [1.165, 1.54) is 12.8 Å². The number of carbonyl (C=O) groups excluding carboxylic acids is 1. The lowest BCUT2D eigenvalue weighted by Gasteiger charge is -2.31. The molecule has 2 heterocycles. The molecule has 1 aromatic carbocycles. The van der Waals surface area contributed by atoms with E-state index < -0.39 is 0 Å². The standard InChI is InChI=1S/C25H36N6O.HI/c1-19-11-14-31(15-12-19)23-9-8-21(17-28-23)18-29-25(26-2)27-13-10-20-6-5-7-22(16-20)24(32)30(3)4;/h5-9,16-17,19H,10-15,18H2,1-4H3,(H2,26,27,29);1H. The Morgan fingerprint density at radius 1 is 1.15 bits per heavy atom. The molecule has 8 heteroatoms. The predicted octanol–water partition coefficient (Wildman–Crippen LogP) is 3.55. The van der Waals surface area contributed by atoms with Crippen molar-refractivity contribution in [3.8, 4) is 0 Å². The summed E-state index contributed by atoms with van der Waals surface area (Å²) < 4.78 is 0. The first-order valence-electron chi connectivity index (χ1n) is 11.4. The second-order valence-corrected chi connectivity index (χ2v) is 8.70. The van der Waals surface area contributed by atoms with Gasteiger partial charge in [-0.15, -0.1) is 24.0 Å². The molecule has 0 aliphatic carbocycles. The lowest BCUT2D eigenvalue weighted by molar-refractivity contribution is 0.0827. The number of halogens is 1. The summed E-state index contributed by atoms with van der Waals surface area (Å²) in [5, 5.41) is 6.69. The molecule has 33 heavy (non-hydrogen) atoms. The Labute approximate surface area is 215 Å². The van der Waals surface area contributed by atoms with E-state index in [-0.39, 0.29) is 29.9 Å². The number of benzene rings is 1. The van der Waals surface area contributed by atoms with E-state index in [0.717, 1.165) is 54.9 Å². The van der Waals surface area contributed by atoms with Crippen molar-refractivity contribution in [3.05, 3.63) is 59.3 Å². The van der Waals surface area contributed by atoms with Crippen molar-refractivity contribution in [2.75, 3.05) is 45.7 Å². The van der Waals surface area contributed by atoms with Gasteiger partial charge in [-0.3, -0.25) is 9.79 Å². The second-order valence-electron chi connectivity index (χ2n) is 8.70. The average molecular weight is 565 g/mol. The molecule has 2 aromatic rings. The molecule has 1 amide bonds. The van der Waals surface area contributed by atoms with Crippen LogP contribution in [0, 0.1) is 5.92 Å². The summed E-state index contributed by atoms with van der Waals surface area (Å²) in [7, 11) is 5.30. The maximum Gasteiger partial charge on any atom is 0.253 e. The minimum absolute atomic E-state index is 0. The summed E-state index contributed by atoms with van der Waals surface area (Å²) in [5.41, 5.74) is 2.95. The number of rotatable bonds is 7. The van der Waals surface area contributed by atoms with Crippen LogP contribution in [0.2, 0.25) is 0 Å². The molecule has 7 nitrogen and oxygen atoms in total. The van der Waals surface area contributed by atoms with Crippen molar-refractivity contribution in [3.63, 3.8) is 0 Å². The summed E-state index contributed by atoms with van der Waals surface area (Å²) in [6.45, 7) is 5.90. The van der Waals surface area contributed by atoms with Gasteiger partial charge in [0.15, 0.2) is 5.96 Å². The van der Waals surface area contributed by atoms with Crippen molar-refractivity contribution in [2.24, 2.45) is 10.9 Å². The van der Waals surface area contributed by atoms with Crippen LogP contribution in [0.1, 0.15) is 41.3 Å². The van der Waals surface area contributed by atoms with E-state index in [9.17, 15) is 4.79 Å². The summed E-state index contributed by atoms with van der Waals surface area (Å²) in [6, 6.07) is 12.0. The van der Waals surface area contributed by atoms with Crippen LogP contribution in [0.25, 0.3) is 0 Å². The van der Waals surface area contributed by atoms with Crippen molar-refractivity contribution >= 4 is 41.7 Å². The predicted molar refractivity (Wildman–Crippen MR) is 147 cm³/mol. The molecule has 1 aliphatic heterocycles. The van der Waals surface area contributed by atoms with Crippen LogP contribution in [0.3, 0.4) is 0 Å². The van der Waals surface area contributed by atoms with Gasteiger partial charge in [0.25, 0.3) is 5.91 Å². The molecular weight excluding hydrogens is 527 g/mol. The fraction of sp³-hybridized carbons (Fsp3) is 0.480. The number of piperidine rings is 1. The normalized spacial score (nSPS) is 14.4. The highest BCUT2D eigenvalue weighted by Crippen LogP contribution is 2.21. The van der Waals surface area contributed by atoms with Gasteiger partial charge in [-0.25, -0.2) is 4.98 Å². The molecule has 0 atom stereocenters. The SMILES string of the molecule is CN=C(NCCc1cccc(C(=O)N(C)C)c1)NCc1ccc(N2CCC(C)CC2)nc1.I. The van der Waals surface area contributed by atoms with Gasteiger partial charge >= 0.3 is 0 Å². The van der Waals surface area contributed by atoms with Crippen LogP contribution in [-0.2, 0) is 13.0 Å². The Morgan fingerprint density at radius 2 is 1.91 bits per heavy atom. The van der Waals surface area contributed by atoms with Gasteiger partial charge in [-0.2, -0.15) is 0 Å². The van der Waals surface area contributed by atoms with Gasteiger partial charge in [-0.05, 0) is 54.5 Å². The first kappa shape index (κ1) is 26.9. The number of aliphatic imine (C=N–C) groups is 1. The van der Waals surface area contributed by atoms with Crippen LogP contribution in [0.15, 0.2) is 47.6 Å². The van der Waals surface area contributed by atoms with Gasteiger partial charge in [0.2, 0.25) is 0 Å². The summed E-state index contributed by atoms with van der Waals surface area (Å²) in [4.78, 5) is 25.1. The number of pyridine rings is 1. The Morgan fingerprint density at radius 3 is 2.55 bits per heavy atom. The maximum absolute atomic E-state index is 12.1. The molecule has 1 aromatic heterocycles. The second kappa shape index (κ2) is 13.4. The van der Waals surface area contributed by atoms with Gasteiger partial charge < -0.3 is 20.4 Å². The smallest absolute Gasteiger partial charge is 0.253 e. The number of hydrogen-bond acceptors (Lipinski definition) is 4. The molecule has 1 saturated heterocycles. The molecule has 0 unspecified atom stereocenters. The molecule has 1 fully saturated rings. The van der Waals surface area contributed by atoms with Crippen LogP contribution >= 0.6 is 24.0 Å². The van der Waals surface area contributed by atoms with Gasteiger partial charge in [0, 0.05) is 59.1 Å². The van der Waals surface area contributed by atoms with E-state index in [0.29, 0.717) is 12.1 Å². The van der Waals surface area contributed by atoms with Crippen LogP contribution in [-0.4, -0.2) is 62.5 Å². The Bertz CT molecular complexity index is 907. The zero-order valence-corrected chi connectivity index (χ0v) is 22.5. The maximum atomic E-state index is 12.1. The van der Waals surface area contributed by atoms with Crippen molar-refractivity contribution < 1.29 is 4.79 Å². The number of nitrogens with zero attached hydrogens (tertiary/aromatic N) is 4. The van der Waals surface area contributed by atoms with E-state index in [1.54, 1.807) is 26.0 Å². The summed E-state index contributed by atoms with van der Waals surface area (Å²) in [6.07, 6.45) is 5.23. The molecule has 2 N–H and O–H groups in total. The Kier molecular flexibility index (Phi) is 10.9. The Balaban J connectivity index is 0.00000385. The van der Waals surface area contributed by atoms with Crippen molar-refractivity contribution in [1.82, 2.24) is 20.5 Å². The number of amides is 1.